The Morgan fingerprint density at radius 2 is 2.11 bits per heavy atom. The van der Waals surface area contributed by atoms with E-state index in [0.717, 1.165) is 41.5 Å². The second-order valence-corrected chi connectivity index (χ2v) is 6.20. The number of carbonyl (C=O) groups excluding carboxylic acids is 1. The van der Waals surface area contributed by atoms with Crippen LogP contribution in [-0.4, -0.2) is 13.2 Å². The van der Waals surface area contributed by atoms with Crippen LogP contribution < -0.4 is 4.74 Å². The van der Waals surface area contributed by atoms with Gasteiger partial charge in [-0.25, -0.2) is 4.79 Å². The van der Waals surface area contributed by atoms with E-state index in [1.807, 2.05) is 0 Å². The Kier molecular flexibility index (Phi) is 3.23. The van der Waals surface area contributed by atoms with Crippen LogP contribution in [0.4, 0.5) is 0 Å². The first-order valence-electron chi connectivity index (χ1n) is 6.69. The molecule has 0 heterocycles. The van der Waals surface area contributed by atoms with E-state index in [1.165, 1.54) is 24.0 Å². The van der Waals surface area contributed by atoms with Gasteiger partial charge in [-0.15, -0.1) is 0 Å². The SMILES string of the molecule is COc1c(Br)cc2c(c1C1(N=C=O)CC1)CCCC2. The Labute approximate surface area is 121 Å². The van der Waals surface area contributed by atoms with Crippen molar-refractivity contribution in [2.75, 3.05) is 7.11 Å². The van der Waals surface area contributed by atoms with Gasteiger partial charge in [-0.05, 0) is 71.6 Å². The maximum atomic E-state index is 10.7. The predicted molar refractivity (Wildman–Crippen MR) is 76.4 cm³/mol. The van der Waals surface area contributed by atoms with Crippen LogP contribution in [0.3, 0.4) is 0 Å². The van der Waals surface area contributed by atoms with Crippen molar-refractivity contribution in [2.45, 2.75) is 44.1 Å². The first kappa shape index (κ1) is 12.9. The first-order valence-corrected chi connectivity index (χ1v) is 7.49. The van der Waals surface area contributed by atoms with Gasteiger partial charge in [0, 0.05) is 5.56 Å². The largest absolute Gasteiger partial charge is 0.495 e. The number of methoxy groups -OCH3 is 1. The summed E-state index contributed by atoms with van der Waals surface area (Å²) in [6.07, 6.45) is 8.18. The molecule has 0 N–H and O–H groups in total. The van der Waals surface area contributed by atoms with Crippen LogP contribution in [0, 0.1) is 0 Å². The molecule has 2 aliphatic rings. The summed E-state index contributed by atoms with van der Waals surface area (Å²) in [5.41, 5.74) is 3.49. The Morgan fingerprint density at radius 3 is 2.74 bits per heavy atom. The molecule has 1 fully saturated rings. The fourth-order valence-corrected chi connectivity index (χ4v) is 3.80. The van der Waals surface area contributed by atoms with E-state index in [2.05, 4.69) is 27.0 Å². The number of halogens is 1. The maximum Gasteiger partial charge on any atom is 0.235 e. The minimum absolute atomic E-state index is 0.363. The van der Waals surface area contributed by atoms with Crippen molar-refractivity contribution in [3.05, 3.63) is 27.2 Å². The van der Waals surface area contributed by atoms with Crippen LogP contribution in [0.2, 0.25) is 0 Å². The van der Waals surface area contributed by atoms with Crippen molar-refractivity contribution < 1.29 is 9.53 Å². The van der Waals surface area contributed by atoms with Gasteiger partial charge >= 0.3 is 0 Å². The fourth-order valence-electron chi connectivity index (χ4n) is 3.16. The van der Waals surface area contributed by atoms with Gasteiger partial charge in [0.25, 0.3) is 0 Å². The lowest BCUT2D eigenvalue weighted by Crippen LogP contribution is -2.15. The number of hydrogen-bond donors (Lipinski definition) is 0. The Bertz CT molecular complexity index is 572. The highest BCUT2D eigenvalue weighted by Gasteiger charge is 2.49. The lowest BCUT2D eigenvalue weighted by molar-refractivity contribution is 0.399. The zero-order chi connectivity index (χ0) is 13.5. The molecule has 1 saturated carbocycles. The third-order valence-corrected chi connectivity index (χ3v) is 4.80. The lowest BCUT2D eigenvalue weighted by Gasteiger charge is -2.25. The number of nitrogens with zero attached hydrogens (tertiary/aromatic N) is 1. The van der Waals surface area contributed by atoms with Gasteiger partial charge in [0.1, 0.15) is 11.3 Å². The molecule has 0 atom stereocenters. The highest BCUT2D eigenvalue weighted by atomic mass is 79.9. The van der Waals surface area contributed by atoms with Crippen molar-refractivity contribution in [1.29, 1.82) is 0 Å². The normalized spacial score (nSPS) is 19.3. The quantitative estimate of drug-likeness (QED) is 0.629. The highest BCUT2D eigenvalue weighted by molar-refractivity contribution is 9.10. The smallest absolute Gasteiger partial charge is 0.235 e. The first-order chi connectivity index (χ1) is 9.22. The molecular weight excluding hydrogens is 306 g/mol. The van der Waals surface area contributed by atoms with Crippen LogP contribution in [-0.2, 0) is 23.2 Å². The Morgan fingerprint density at radius 1 is 1.37 bits per heavy atom. The van der Waals surface area contributed by atoms with Crippen molar-refractivity contribution >= 4 is 22.0 Å². The number of ether oxygens (including phenoxy) is 1. The van der Waals surface area contributed by atoms with Crippen LogP contribution in [0.25, 0.3) is 0 Å². The molecule has 0 unspecified atom stereocenters. The molecule has 0 bridgehead atoms. The van der Waals surface area contributed by atoms with Crippen molar-refractivity contribution in [2.24, 2.45) is 4.99 Å². The molecule has 0 amide bonds. The van der Waals surface area contributed by atoms with Gasteiger partial charge in [0.15, 0.2) is 0 Å². The zero-order valence-electron chi connectivity index (χ0n) is 11.0. The number of isocyanates is 1. The van der Waals surface area contributed by atoms with Crippen LogP contribution in [0.5, 0.6) is 5.75 Å². The molecule has 2 aliphatic carbocycles. The molecule has 0 saturated heterocycles. The molecule has 100 valence electrons. The summed E-state index contributed by atoms with van der Waals surface area (Å²) in [5, 5.41) is 0. The Balaban J connectivity index is 2.25. The van der Waals surface area contributed by atoms with Crippen molar-refractivity contribution in [1.82, 2.24) is 0 Å². The summed E-state index contributed by atoms with van der Waals surface area (Å²) in [5.74, 6) is 0.845. The summed E-state index contributed by atoms with van der Waals surface area (Å²) in [6, 6.07) is 2.16. The van der Waals surface area contributed by atoms with Gasteiger partial charge in [0.05, 0.1) is 11.6 Å². The summed E-state index contributed by atoms with van der Waals surface area (Å²) in [6.45, 7) is 0. The van der Waals surface area contributed by atoms with E-state index in [1.54, 1.807) is 13.2 Å². The number of hydrogen-bond acceptors (Lipinski definition) is 3. The monoisotopic (exact) mass is 321 g/mol. The molecule has 3 rings (SSSR count). The van der Waals surface area contributed by atoms with Gasteiger partial charge in [-0.2, -0.15) is 4.99 Å². The molecular formula is C15H16BrNO2. The number of fused-ring (bicyclic) bond motifs is 1. The van der Waals surface area contributed by atoms with Gasteiger partial charge < -0.3 is 4.74 Å². The average Bonchev–Trinajstić information content (AvgIpc) is 3.18. The number of aliphatic imine (C=N–C) groups is 1. The van der Waals surface area contributed by atoms with E-state index in [0.29, 0.717) is 0 Å². The number of aryl methyl sites for hydroxylation is 1. The van der Waals surface area contributed by atoms with E-state index < -0.39 is 0 Å². The second kappa shape index (κ2) is 4.77. The number of rotatable bonds is 3. The molecule has 4 heteroatoms. The molecule has 1 aromatic carbocycles. The molecule has 0 aliphatic heterocycles. The van der Waals surface area contributed by atoms with Gasteiger partial charge in [-0.3, -0.25) is 0 Å². The highest BCUT2D eigenvalue weighted by Crippen LogP contribution is 2.56. The summed E-state index contributed by atoms with van der Waals surface area (Å²) in [4.78, 5) is 14.8. The zero-order valence-corrected chi connectivity index (χ0v) is 12.5. The van der Waals surface area contributed by atoms with E-state index in [4.69, 9.17) is 4.74 Å². The predicted octanol–water partition coefficient (Wildman–Crippen LogP) is 3.66. The second-order valence-electron chi connectivity index (χ2n) is 5.35. The van der Waals surface area contributed by atoms with E-state index in [-0.39, 0.29) is 5.54 Å². The fraction of sp³-hybridized carbons (Fsp3) is 0.533. The minimum atomic E-state index is -0.363. The summed E-state index contributed by atoms with van der Waals surface area (Å²) in [7, 11) is 1.68. The summed E-state index contributed by atoms with van der Waals surface area (Å²) < 4.78 is 6.55. The number of benzene rings is 1. The van der Waals surface area contributed by atoms with E-state index in [9.17, 15) is 4.79 Å². The molecule has 0 spiro atoms. The maximum absolute atomic E-state index is 10.7. The molecule has 0 aromatic heterocycles. The standard InChI is InChI=1S/C15H16BrNO2/c1-19-14-12(16)8-10-4-2-3-5-11(10)13(14)15(6-7-15)17-9-18/h8H,2-7H2,1H3. The lowest BCUT2D eigenvalue weighted by atomic mass is 9.84. The van der Waals surface area contributed by atoms with Gasteiger partial charge in [-0.1, -0.05) is 0 Å². The van der Waals surface area contributed by atoms with Crippen LogP contribution in [0.1, 0.15) is 42.4 Å². The topological polar surface area (TPSA) is 38.7 Å². The molecule has 0 radical (unpaired) electrons. The summed E-state index contributed by atoms with van der Waals surface area (Å²) >= 11 is 3.59. The van der Waals surface area contributed by atoms with Gasteiger partial charge in [0.2, 0.25) is 6.08 Å². The van der Waals surface area contributed by atoms with Crippen LogP contribution in [0.15, 0.2) is 15.5 Å². The molecule has 3 nitrogen and oxygen atoms in total. The Hall–Kier alpha value is -1.12. The molecule has 19 heavy (non-hydrogen) atoms. The van der Waals surface area contributed by atoms with Crippen molar-refractivity contribution in [3.8, 4) is 5.75 Å². The van der Waals surface area contributed by atoms with E-state index >= 15 is 0 Å². The third-order valence-electron chi connectivity index (χ3n) is 4.21. The van der Waals surface area contributed by atoms with Crippen molar-refractivity contribution in [3.63, 3.8) is 0 Å². The molecule has 1 aromatic rings. The van der Waals surface area contributed by atoms with Crippen LogP contribution >= 0.6 is 15.9 Å². The average molecular weight is 322 g/mol. The third kappa shape index (κ3) is 2.03. The minimum Gasteiger partial charge on any atom is -0.495 e.